The summed E-state index contributed by atoms with van der Waals surface area (Å²) in [4.78, 5) is 15.0. The van der Waals surface area contributed by atoms with Gasteiger partial charge in [0.2, 0.25) is 5.91 Å². The first-order valence-corrected chi connectivity index (χ1v) is 9.42. The van der Waals surface area contributed by atoms with Gasteiger partial charge in [0.15, 0.2) is 0 Å². The summed E-state index contributed by atoms with van der Waals surface area (Å²) in [6.45, 7) is 8.00. The maximum atomic E-state index is 12.8. The molecule has 2 fully saturated rings. The van der Waals surface area contributed by atoms with Gasteiger partial charge in [-0.3, -0.25) is 4.79 Å². The second-order valence-electron chi connectivity index (χ2n) is 7.75. The highest BCUT2D eigenvalue weighted by Crippen LogP contribution is 2.40. The first-order valence-electron chi connectivity index (χ1n) is 8.30. The van der Waals surface area contributed by atoms with Gasteiger partial charge in [0.1, 0.15) is 0 Å². The molecule has 0 radical (unpaired) electrons. The third kappa shape index (κ3) is 3.78. The predicted molar refractivity (Wildman–Crippen MR) is 88.0 cm³/mol. The molecular weight excluding hydrogens is 314 g/mol. The minimum absolute atomic E-state index is 0.299. The van der Waals surface area contributed by atoms with Gasteiger partial charge < -0.3 is 4.90 Å². The van der Waals surface area contributed by atoms with E-state index in [0.717, 1.165) is 30.6 Å². The van der Waals surface area contributed by atoms with Crippen molar-refractivity contribution < 1.29 is 4.79 Å². The summed E-state index contributed by atoms with van der Waals surface area (Å²) < 4.78 is 0. The zero-order chi connectivity index (χ0) is 14.8. The van der Waals surface area contributed by atoms with Crippen molar-refractivity contribution in [3.63, 3.8) is 0 Å². The fourth-order valence-corrected chi connectivity index (χ4v) is 4.57. The molecule has 1 aliphatic heterocycles. The smallest absolute Gasteiger partial charge is 0.225 e. The Morgan fingerprint density at radius 3 is 2.30 bits per heavy atom. The van der Waals surface area contributed by atoms with Crippen LogP contribution in [-0.4, -0.2) is 28.7 Å². The molecule has 0 bridgehead atoms. The standard InChI is InChI=1S/C17H30BrNO/c1-17(2,3)14-9-7-13(8-10-14)16(20)19-11-5-4-6-15(19)12-18/h13-15H,4-12H2,1-3H3. The molecule has 1 aliphatic carbocycles. The highest BCUT2D eigenvalue weighted by atomic mass is 79.9. The SMILES string of the molecule is CC(C)(C)C1CCC(C(=O)N2CCCCC2CBr)CC1. The van der Waals surface area contributed by atoms with Gasteiger partial charge in [0.25, 0.3) is 0 Å². The molecule has 116 valence electrons. The van der Waals surface area contributed by atoms with E-state index in [9.17, 15) is 4.79 Å². The number of hydrogen-bond acceptors (Lipinski definition) is 1. The van der Waals surface area contributed by atoms with Crippen molar-refractivity contribution in [1.82, 2.24) is 4.90 Å². The van der Waals surface area contributed by atoms with E-state index < -0.39 is 0 Å². The summed E-state index contributed by atoms with van der Waals surface area (Å²) in [6.07, 6.45) is 8.30. The molecule has 0 N–H and O–H groups in total. The Morgan fingerprint density at radius 2 is 1.75 bits per heavy atom. The van der Waals surface area contributed by atoms with Crippen molar-refractivity contribution >= 4 is 21.8 Å². The Bertz CT molecular complexity index is 328. The third-order valence-corrected chi connectivity index (χ3v) is 6.14. The van der Waals surface area contributed by atoms with Gasteiger partial charge in [0, 0.05) is 23.8 Å². The van der Waals surface area contributed by atoms with Crippen LogP contribution in [0.5, 0.6) is 0 Å². The molecule has 1 heterocycles. The number of halogens is 1. The van der Waals surface area contributed by atoms with Crippen molar-refractivity contribution in [2.24, 2.45) is 17.3 Å². The highest BCUT2D eigenvalue weighted by Gasteiger charge is 2.36. The lowest BCUT2D eigenvalue weighted by atomic mass is 9.69. The van der Waals surface area contributed by atoms with Crippen molar-refractivity contribution in [2.45, 2.75) is 71.8 Å². The normalized spacial score (nSPS) is 32.2. The van der Waals surface area contributed by atoms with Crippen molar-refractivity contribution in [3.05, 3.63) is 0 Å². The van der Waals surface area contributed by atoms with E-state index in [1.807, 2.05) is 0 Å². The van der Waals surface area contributed by atoms with Gasteiger partial charge in [-0.1, -0.05) is 36.7 Å². The van der Waals surface area contributed by atoms with Crippen LogP contribution >= 0.6 is 15.9 Å². The van der Waals surface area contributed by atoms with Crippen LogP contribution in [0.25, 0.3) is 0 Å². The van der Waals surface area contributed by atoms with Crippen molar-refractivity contribution in [3.8, 4) is 0 Å². The molecule has 0 aromatic carbocycles. The molecule has 1 saturated carbocycles. The van der Waals surface area contributed by atoms with Crippen LogP contribution in [0.15, 0.2) is 0 Å². The number of nitrogens with zero attached hydrogens (tertiary/aromatic N) is 1. The maximum absolute atomic E-state index is 12.8. The number of piperidine rings is 1. The van der Waals surface area contributed by atoms with Crippen molar-refractivity contribution in [1.29, 1.82) is 0 Å². The molecule has 0 aromatic heterocycles. The van der Waals surface area contributed by atoms with Crippen LogP contribution in [0.1, 0.15) is 65.7 Å². The molecule has 0 spiro atoms. The molecule has 1 atom stereocenters. The van der Waals surface area contributed by atoms with E-state index in [-0.39, 0.29) is 0 Å². The topological polar surface area (TPSA) is 20.3 Å². The molecule has 2 nitrogen and oxygen atoms in total. The summed E-state index contributed by atoms with van der Waals surface area (Å²) in [5, 5.41) is 0.941. The first kappa shape index (κ1) is 16.3. The summed E-state index contributed by atoms with van der Waals surface area (Å²) in [5.74, 6) is 1.54. The van der Waals surface area contributed by atoms with Crippen LogP contribution in [0.3, 0.4) is 0 Å². The van der Waals surface area contributed by atoms with Crippen LogP contribution in [-0.2, 0) is 4.79 Å². The van der Waals surface area contributed by atoms with Gasteiger partial charge in [0.05, 0.1) is 0 Å². The summed E-state index contributed by atoms with van der Waals surface area (Å²) in [5.41, 5.74) is 0.400. The van der Waals surface area contributed by atoms with Gasteiger partial charge in [-0.05, 0) is 56.3 Å². The molecule has 20 heavy (non-hydrogen) atoms. The lowest BCUT2D eigenvalue weighted by molar-refractivity contribution is -0.140. The third-order valence-electron chi connectivity index (χ3n) is 5.39. The minimum Gasteiger partial charge on any atom is -0.339 e. The number of rotatable bonds is 2. The summed E-state index contributed by atoms with van der Waals surface area (Å²) in [7, 11) is 0. The van der Waals surface area contributed by atoms with Crippen LogP contribution in [0.4, 0.5) is 0 Å². The minimum atomic E-state index is 0.299. The zero-order valence-electron chi connectivity index (χ0n) is 13.3. The number of carbonyl (C=O) groups is 1. The molecule has 1 amide bonds. The Morgan fingerprint density at radius 1 is 1.10 bits per heavy atom. The van der Waals surface area contributed by atoms with Crippen LogP contribution in [0, 0.1) is 17.3 Å². The Hall–Kier alpha value is -0.0500. The Kier molecular flexibility index (Phi) is 5.56. The zero-order valence-corrected chi connectivity index (χ0v) is 14.9. The van der Waals surface area contributed by atoms with Gasteiger partial charge >= 0.3 is 0 Å². The van der Waals surface area contributed by atoms with E-state index in [2.05, 4.69) is 41.6 Å². The number of alkyl halides is 1. The lowest BCUT2D eigenvalue weighted by Gasteiger charge is -2.41. The first-order chi connectivity index (χ1) is 9.43. The monoisotopic (exact) mass is 343 g/mol. The average Bonchev–Trinajstić information content (AvgIpc) is 2.45. The van der Waals surface area contributed by atoms with E-state index in [1.165, 1.54) is 32.1 Å². The number of likely N-dealkylation sites (tertiary alicyclic amines) is 1. The fraction of sp³-hybridized carbons (Fsp3) is 0.941. The number of carbonyl (C=O) groups excluding carboxylic acids is 1. The Balaban J connectivity index is 1.91. The van der Waals surface area contributed by atoms with Gasteiger partial charge in [-0.2, -0.15) is 0 Å². The lowest BCUT2D eigenvalue weighted by Crippen LogP contribution is -2.48. The maximum Gasteiger partial charge on any atom is 0.225 e. The van der Waals surface area contributed by atoms with E-state index in [1.54, 1.807) is 0 Å². The number of hydrogen-bond donors (Lipinski definition) is 0. The molecule has 3 heteroatoms. The molecular formula is C17H30BrNO. The molecule has 0 aromatic rings. The quantitative estimate of drug-likeness (QED) is 0.670. The van der Waals surface area contributed by atoms with Gasteiger partial charge in [-0.25, -0.2) is 0 Å². The summed E-state index contributed by atoms with van der Waals surface area (Å²) >= 11 is 3.59. The second-order valence-corrected chi connectivity index (χ2v) is 8.40. The molecule has 1 saturated heterocycles. The Labute approximate surface area is 132 Å². The summed E-state index contributed by atoms with van der Waals surface area (Å²) in [6, 6.07) is 0.441. The van der Waals surface area contributed by atoms with Gasteiger partial charge in [-0.15, -0.1) is 0 Å². The van der Waals surface area contributed by atoms with E-state index in [0.29, 0.717) is 23.3 Å². The average molecular weight is 344 g/mol. The highest BCUT2D eigenvalue weighted by molar-refractivity contribution is 9.09. The predicted octanol–water partition coefficient (Wildman–Crippen LogP) is 4.61. The molecule has 2 aliphatic rings. The number of amides is 1. The van der Waals surface area contributed by atoms with E-state index >= 15 is 0 Å². The second kappa shape index (κ2) is 6.81. The van der Waals surface area contributed by atoms with E-state index in [4.69, 9.17) is 0 Å². The van der Waals surface area contributed by atoms with Crippen LogP contribution < -0.4 is 0 Å². The fourth-order valence-electron chi connectivity index (χ4n) is 3.89. The van der Waals surface area contributed by atoms with Crippen molar-refractivity contribution in [2.75, 3.05) is 11.9 Å². The molecule has 1 unspecified atom stereocenters. The van der Waals surface area contributed by atoms with Crippen LogP contribution in [0.2, 0.25) is 0 Å². The largest absolute Gasteiger partial charge is 0.339 e. The molecule has 2 rings (SSSR count).